The van der Waals surface area contributed by atoms with Gasteiger partial charge in [-0.25, -0.2) is 4.98 Å². The van der Waals surface area contributed by atoms with Crippen molar-refractivity contribution in [1.82, 2.24) is 20.1 Å². The van der Waals surface area contributed by atoms with Crippen molar-refractivity contribution in [2.24, 2.45) is 7.05 Å². The number of aromatic nitrogens is 3. The molecule has 0 aliphatic heterocycles. The van der Waals surface area contributed by atoms with E-state index in [1.165, 1.54) is 25.3 Å². The Morgan fingerprint density at radius 1 is 1.32 bits per heavy atom. The number of phenolic OH excluding ortho intramolecular Hbond substituents is 1. The summed E-state index contributed by atoms with van der Waals surface area (Å²) in [5.41, 5.74) is -0.0728. The first kappa shape index (κ1) is 21.9. The predicted molar refractivity (Wildman–Crippen MR) is 110 cm³/mol. The summed E-state index contributed by atoms with van der Waals surface area (Å²) in [6.45, 7) is 1.90. The summed E-state index contributed by atoms with van der Waals surface area (Å²) in [6.07, 6.45) is 1.92. The van der Waals surface area contributed by atoms with Crippen LogP contribution in [0.3, 0.4) is 0 Å². The summed E-state index contributed by atoms with van der Waals surface area (Å²) >= 11 is 0. The molecule has 0 radical (unpaired) electrons. The molecule has 3 N–H and O–H groups in total. The summed E-state index contributed by atoms with van der Waals surface area (Å²) in [5.74, 6) is -0.676. The number of rotatable bonds is 8. The number of phenols is 1. The van der Waals surface area contributed by atoms with Gasteiger partial charge in [-0.1, -0.05) is 6.07 Å². The highest BCUT2D eigenvalue weighted by molar-refractivity contribution is 5.77. The number of aromatic hydroxyl groups is 2. The quantitative estimate of drug-likeness (QED) is 0.489. The van der Waals surface area contributed by atoms with Crippen molar-refractivity contribution < 1.29 is 24.2 Å². The Balaban J connectivity index is 1.85. The van der Waals surface area contributed by atoms with Gasteiger partial charge in [-0.15, -0.1) is 0 Å². The maximum Gasteiger partial charge on any atom is 0.227 e. The largest absolute Gasteiger partial charge is 0.504 e. The first-order valence-corrected chi connectivity index (χ1v) is 9.60. The van der Waals surface area contributed by atoms with Gasteiger partial charge in [-0.3, -0.25) is 14.3 Å². The van der Waals surface area contributed by atoms with Crippen LogP contribution in [-0.2, 0) is 18.3 Å². The van der Waals surface area contributed by atoms with Gasteiger partial charge in [0.1, 0.15) is 12.1 Å². The monoisotopic (exact) mass is 428 g/mol. The van der Waals surface area contributed by atoms with E-state index < -0.39 is 17.1 Å². The number of ether oxygens (including phenoxy) is 1. The van der Waals surface area contributed by atoms with Crippen LogP contribution in [0.25, 0.3) is 0 Å². The maximum atomic E-state index is 12.7. The van der Waals surface area contributed by atoms with E-state index in [9.17, 15) is 19.8 Å². The second-order valence-electron chi connectivity index (χ2n) is 7.06. The topological polar surface area (TPSA) is 140 Å². The molecule has 0 bridgehead atoms. The SMILES string of the molecule is COc1cc(C(CC(=O)NCCc2ncn(C)n2)c2oc(C)cc(=O)c2O)ccc1O. The summed E-state index contributed by atoms with van der Waals surface area (Å²) in [6, 6.07) is 5.70. The molecule has 31 heavy (non-hydrogen) atoms. The van der Waals surface area contributed by atoms with Gasteiger partial charge in [0.2, 0.25) is 17.1 Å². The van der Waals surface area contributed by atoms with Gasteiger partial charge in [0, 0.05) is 32.5 Å². The van der Waals surface area contributed by atoms with Crippen molar-refractivity contribution in [3.8, 4) is 17.2 Å². The number of hydrogen-bond acceptors (Lipinski definition) is 8. The van der Waals surface area contributed by atoms with Crippen molar-refractivity contribution in [2.75, 3.05) is 13.7 Å². The number of benzene rings is 1. The molecule has 2 aromatic heterocycles. The third-order valence-corrected chi connectivity index (χ3v) is 4.70. The molecule has 1 aromatic carbocycles. The fraction of sp³-hybridized carbons (Fsp3) is 0.333. The van der Waals surface area contributed by atoms with Gasteiger partial charge in [0.05, 0.1) is 13.0 Å². The molecule has 10 nitrogen and oxygen atoms in total. The van der Waals surface area contributed by atoms with Crippen LogP contribution in [-0.4, -0.2) is 44.5 Å². The van der Waals surface area contributed by atoms with E-state index in [2.05, 4.69) is 15.4 Å². The third kappa shape index (κ3) is 5.21. The number of amides is 1. The zero-order valence-electron chi connectivity index (χ0n) is 17.5. The van der Waals surface area contributed by atoms with E-state index in [0.29, 0.717) is 30.1 Å². The Kier molecular flexibility index (Phi) is 6.58. The van der Waals surface area contributed by atoms with Crippen LogP contribution in [0.4, 0.5) is 0 Å². The smallest absolute Gasteiger partial charge is 0.227 e. The van der Waals surface area contributed by atoms with E-state index >= 15 is 0 Å². The normalized spacial score (nSPS) is 11.8. The molecule has 164 valence electrons. The van der Waals surface area contributed by atoms with Crippen LogP contribution in [0.5, 0.6) is 17.2 Å². The first-order chi connectivity index (χ1) is 14.8. The van der Waals surface area contributed by atoms with E-state index in [-0.39, 0.29) is 29.6 Å². The molecule has 3 aromatic rings. The standard InChI is InChI=1S/C21H24N4O6/c1-12-8-16(27)20(29)21(31-12)14(13-4-5-15(26)17(9-13)30-3)10-19(28)22-7-6-18-23-11-25(2)24-18/h4-5,8-9,11,14,26,29H,6-7,10H2,1-3H3,(H,22,28). The highest BCUT2D eigenvalue weighted by Gasteiger charge is 2.26. The van der Waals surface area contributed by atoms with Gasteiger partial charge in [0.25, 0.3) is 0 Å². The van der Waals surface area contributed by atoms with Crippen LogP contribution in [0.1, 0.15) is 35.2 Å². The van der Waals surface area contributed by atoms with Crippen molar-refractivity contribution >= 4 is 5.91 Å². The average molecular weight is 428 g/mol. The zero-order valence-corrected chi connectivity index (χ0v) is 17.5. The van der Waals surface area contributed by atoms with E-state index in [4.69, 9.17) is 9.15 Å². The van der Waals surface area contributed by atoms with Crippen LogP contribution in [0.2, 0.25) is 0 Å². The van der Waals surface area contributed by atoms with Crippen molar-refractivity contribution in [3.05, 3.63) is 63.7 Å². The Labute approximate surface area is 178 Å². The predicted octanol–water partition coefficient (Wildman–Crippen LogP) is 1.38. The maximum absolute atomic E-state index is 12.7. The summed E-state index contributed by atoms with van der Waals surface area (Å²) in [5, 5.41) is 27.2. The molecule has 0 fully saturated rings. The lowest BCUT2D eigenvalue weighted by molar-refractivity contribution is -0.121. The molecule has 1 unspecified atom stereocenters. The minimum atomic E-state index is -0.782. The molecule has 10 heteroatoms. The summed E-state index contributed by atoms with van der Waals surface area (Å²) in [4.78, 5) is 28.9. The number of nitrogens with one attached hydrogen (secondary N) is 1. The lowest BCUT2D eigenvalue weighted by Crippen LogP contribution is -2.28. The number of hydrogen-bond donors (Lipinski definition) is 3. The molecular formula is C21H24N4O6. The van der Waals surface area contributed by atoms with Gasteiger partial charge in [-0.05, 0) is 24.6 Å². The number of carbonyl (C=O) groups excluding carboxylic acids is 1. The third-order valence-electron chi connectivity index (χ3n) is 4.70. The number of aryl methyl sites for hydroxylation is 2. The highest BCUT2D eigenvalue weighted by Crippen LogP contribution is 2.37. The fourth-order valence-electron chi connectivity index (χ4n) is 3.20. The van der Waals surface area contributed by atoms with Gasteiger partial charge < -0.3 is 24.7 Å². The zero-order chi connectivity index (χ0) is 22.5. The minimum absolute atomic E-state index is 0.0284. The van der Waals surface area contributed by atoms with E-state index in [1.807, 2.05) is 0 Å². The van der Waals surface area contributed by atoms with Crippen molar-refractivity contribution in [3.63, 3.8) is 0 Å². The number of carbonyl (C=O) groups is 1. The van der Waals surface area contributed by atoms with Gasteiger partial charge >= 0.3 is 0 Å². The van der Waals surface area contributed by atoms with E-state index in [1.54, 1.807) is 31.0 Å². The van der Waals surface area contributed by atoms with Crippen molar-refractivity contribution in [2.45, 2.75) is 25.7 Å². The molecule has 3 rings (SSSR count). The molecule has 1 amide bonds. The molecule has 0 aliphatic rings. The molecular weight excluding hydrogens is 404 g/mol. The molecule has 2 heterocycles. The van der Waals surface area contributed by atoms with Crippen LogP contribution < -0.4 is 15.5 Å². The van der Waals surface area contributed by atoms with Crippen LogP contribution in [0, 0.1) is 6.92 Å². The first-order valence-electron chi connectivity index (χ1n) is 9.60. The van der Waals surface area contributed by atoms with Gasteiger partial charge in [-0.2, -0.15) is 5.10 Å². The highest BCUT2D eigenvalue weighted by atomic mass is 16.5. The fourth-order valence-corrected chi connectivity index (χ4v) is 3.20. The summed E-state index contributed by atoms with van der Waals surface area (Å²) < 4.78 is 12.4. The number of methoxy groups -OCH3 is 1. The van der Waals surface area contributed by atoms with E-state index in [0.717, 1.165) is 0 Å². The minimum Gasteiger partial charge on any atom is -0.504 e. The molecule has 0 aliphatic carbocycles. The van der Waals surface area contributed by atoms with Crippen LogP contribution >= 0.6 is 0 Å². The molecule has 0 saturated heterocycles. The van der Waals surface area contributed by atoms with Crippen LogP contribution in [0.15, 0.2) is 39.8 Å². The van der Waals surface area contributed by atoms with Crippen molar-refractivity contribution in [1.29, 1.82) is 0 Å². The average Bonchev–Trinajstić information content (AvgIpc) is 3.14. The Morgan fingerprint density at radius 3 is 2.77 bits per heavy atom. The Bertz CT molecular complexity index is 1140. The molecule has 1 atom stereocenters. The van der Waals surface area contributed by atoms with Gasteiger partial charge in [0.15, 0.2) is 23.1 Å². The second-order valence-corrected chi connectivity index (χ2v) is 7.06. The Morgan fingerprint density at radius 2 is 2.10 bits per heavy atom. The number of nitrogens with zero attached hydrogens (tertiary/aromatic N) is 3. The lowest BCUT2D eigenvalue weighted by atomic mass is 9.91. The molecule has 0 spiro atoms. The second kappa shape index (κ2) is 9.33. The molecule has 0 saturated carbocycles. The lowest BCUT2D eigenvalue weighted by Gasteiger charge is -2.19. The summed E-state index contributed by atoms with van der Waals surface area (Å²) in [7, 11) is 3.16. The Hall–Kier alpha value is -3.82.